The summed E-state index contributed by atoms with van der Waals surface area (Å²) in [5.41, 5.74) is 0. The first-order valence-corrected chi connectivity index (χ1v) is 7.72. The molecular formula is C15H26N2O2. The van der Waals surface area contributed by atoms with E-state index in [0.29, 0.717) is 24.1 Å². The Bertz CT molecular complexity index is 325. The van der Waals surface area contributed by atoms with Crippen LogP contribution in [0.25, 0.3) is 0 Å². The van der Waals surface area contributed by atoms with Crippen molar-refractivity contribution in [2.75, 3.05) is 27.2 Å². The summed E-state index contributed by atoms with van der Waals surface area (Å²) in [6, 6.07) is 0.909. The molecule has 3 aliphatic heterocycles. The van der Waals surface area contributed by atoms with Gasteiger partial charge in [-0.3, -0.25) is 4.79 Å². The molecule has 3 fully saturated rings. The van der Waals surface area contributed by atoms with Crippen LogP contribution in [0.2, 0.25) is 0 Å². The number of methoxy groups -OCH3 is 1. The molecule has 3 saturated heterocycles. The molecule has 3 aliphatic rings. The van der Waals surface area contributed by atoms with Gasteiger partial charge in [-0.1, -0.05) is 0 Å². The Balaban J connectivity index is 1.65. The van der Waals surface area contributed by atoms with Gasteiger partial charge >= 0.3 is 0 Å². The smallest absolute Gasteiger partial charge is 0.226 e. The van der Waals surface area contributed by atoms with Crippen molar-refractivity contribution in [3.63, 3.8) is 0 Å². The zero-order chi connectivity index (χ0) is 13.4. The summed E-state index contributed by atoms with van der Waals surface area (Å²) in [7, 11) is 3.95. The van der Waals surface area contributed by atoms with Crippen LogP contribution in [0.1, 0.15) is 38.5 Å². The Morgan fingerprint density at radius 1 is 1.05 bits per heavy atom. The number of fused-ring (bicyclic) bond motifs is 2. The number of hydrogen-bond acceptors (Lipinski definition) is 3. The third-order valence-corrected chi connectivity index (χ3v) is 5.35. The molecule has 0 aromatic heterocycles. The maximum absolute atomic E-state index is 12.8. The highest BCUT2D eigenvalue weighted by Crippen LogP contribution is 2.38. The molecule has 0 N–H and O–H groups in total. The standard InChI is InChI=1S/C15H26N2O2/c1-16-7-5-11(6-8-16)15(18)17-12-3-4-13(17)10-14(9-12)19-2/h11-14H,3-10H2,1-2H3. The van der Waals surface area contributed by atoms with Crippen molar-refractivity contribution < 1.29 is 9.53 Å². The number of hydrogen-bond donors (Lipinski definition) is 0. The fourth-order valence-electron chi connectivity index (χ4n) is 4.15. The Labute approximate surface area is 116 Å². The van der Waals surface area contributed by atoms with Crippen LogP contribution in [0, 0.1) is 5.92 Å². The zero-order valence-electron chi connectivity index (χ0n) is 12.2. The van der Waals surface area contributed by atoms with E-state index in [0.717, 1.165) is 38.8 Å². The molecule has 4 heteroatoms. The molecule has 0 saturated carbocycles. The second kappa shape index (κ2) is 5.41. The topological polar surface area (TPSA) is 32.8 Å². The van der Waals surface area contributed by atoms with Crippen LogP contribution in [0.15, 0.2) is 0 Å². The lowest BCUT2D eigenvalue weighted by Gasteiger charge is -2.41. The molecule has 2 bridgehead atoms. The first-order chi connectivity index (χ1) is 9.19. The van der Waals surface area contributed by atoms with Crippen molar-refractivity contribution in [1.82, 2.24) is 9.80 Å². The van der Waals surface area contributed by atoms with Crippen LogP contribution in [-0.4, -0.2) is 61.1 Å². The Kier molecular flexibility index (Phi) is 3.81. The van der Waals surface area contributed by atoms with Gasteiger partial charge in [-0.05, 0) is 58.7 Å². The first-order valence-electron chi connectivity index (χ1n) is 7.72. The fourth-order valence-corrected chi connectivity index (χ4v) is 4.15. The summed E-state index contributed by atoms with van der Waals surface area (Å²) in [5.74, 6) is 0.716. The van der Waals surface area contributed by atoms with Crippen LogP contribution >= 0.6 is 0 Å². The maximum Gasteiger partial charge on any atom is 0.226 e. The van der Waals surface area contributed by atoms with Crippen molar-refractivity contribution in [1.29, 1.82) is 0 Å². The van der Waals surface area contributed by atoms with E-state index >= 15 is 0 Å². The lowest BCUT2D eigenvalue weighted by atomic mass is 9.92. The minimum Gasteiger partial charge on any atom is -0.381 e. The predicted molar refractivity (Wildman–Crippen MR) is 73.9 cm³/mol. The maximum atomic E-state index is 12.8. The third kappa shape index (κ3) is 2.52. The average Bonchev–Trinajstić information content (AvgIpc) is 2.69. The molecular weight excluding hydrogens is 240 g/mol. The number of amides is 1. The number of likely N-dealkylation sites (tertiary alicyclic amines) is 1. The average molecular weight is 266 g/mol. The van der Waals surface area contributed by atoms with Crippen molar-refractivity contribution in [3.05, 3.63) is 0 Å². The number of nitrogens with zero attached hydrogens (tertiary/aromatic N) is 2. The Morgan fingerprint density at radius 3 is 2.16 bits per heavy atom. The van der Waals surface area contributed by atoms with Crippen LogP contribution in [-0.2, 0) is 9.53 Å². The van der Waals surface area contributed by atoms with E-state index < -0.39 is 0 Å². The predicted octanol–water partition coefficient (Wildman–Crippen LogP) is 1.50. The quantitative estimate of drug-likeness (QED) is 0.759. The molecule has 2 atom stereocenters. The summed E-state index contributed by atoms with van der Waals surface area (Å²) in [5, 5.41) is 0. The van der Waals surface area contributed by atoms with E-state index in [1.165, 1.54) is 12.8 Å². The minimum atomic E-state index is 0.276. The van der Waals surface area contributed by atoms with Crippen LogP contribution in [0.3, 0.4) is 0 Å². The summed E-state index contributed by atoms with van der Waals surface area (Å²) < 4.78 is 5.51. The Hall–Kier alpha value is -0.610. The van der Waals surface area contributed by atoms with Crippen molar-refractivity contribution in [3.8, 4) is 0 Å². The second-order valence-corrected chi connectivity index (χ2v) is 6.54. The van der Waals surface area contributed by atoms with E-state index in [-0.39, 0.29) is 5.92 Å². The second-order valence-electron chi connectivity index (χ2n) is 6.54. The summed E-state index contributed by atoms with van der Waals surface area (Å²) in [4.78, 5) is 17.4. The van der Waals surface area contributed by atoms with Gasteiger partial charge in [0.25, 0.3) is 0 Å². The van der Waals surface area contributed by atoms with Crippen molar-refractivity contribution >= 4 is 5.91 Å². The highest BCUT2D eigenvalue weighted by Gasteiger charge is 2.45. The van der Waals surface area contributed by atoms with Gasteiger partial charge in [0.2, 0.25) is 5.91 Å². The highest BCUT2D eigenvalue weighted by atomic mass is 16.5. The molecule has 3 heterocycles. The summed E-state index contributed by atoms with van der Waals surface area (Å²) in [6.45, 7) is 2.14. The molecule has 0 aromatic rings. The summed E-state index contributed by atoms with van der Waals surface area (Å²) >= 11 is 0. The van der Waals surface area contributed by atoms with Gasteiger partial charge in [0.1, 0.15) is 0 Å². The monoisotopic (exact) mass is 266 g/mol. The zero-order valence-corrected chi connectivity index (χ0v) is 12.2. The molecule has 0 aliphatic carbocycles. The van der Waals surface area contributed by atoms with E-state index in [9.17, 15) is 4.79 Å². The molecule has 3 rings (SSSR count). The van der Waals surface area contributed by atoms with Gasteiger partial charge in [-0.2, -0.15) is 0 Å². The lowest BCUT2D eigenvalue weighted by Crippen LogP contribution is -2.51. The van der Waals surface area contributed by atoms with Gasteiger partial charge in [-0.15, -0.1) is 0 Å². The van der Waals surface area contributed by atoms with Crippen LogP contribution in [0.4, 0.5) is 0 Å². The van der Waals surface area contributed by atoms with Crippen LogP contribution in [0.5, 0.6) is 0 Å². The number of piperidine rings is 2. The molecule has 0 spiro atoms. The normalized spacial score (nSPS) is 36.7. The van der Waals surface area contributed by atoms with Gasteiger partial charge in [0.15, 0.2) is 0 Å². The van der Waals surface area contributed by atoms with E-state index in [2.05, 4.69) is 16.8 Å². The van der Waals surface area contributed by atoms with E-state index in [1.807, 2.05) is 0 Å². The van der Waals surface area contributed by atoms with E-state index in [1.54, 1.807) is 7.11 Å². The highest BCUT2D eigenvalue weighted by molar-refractivity contribution is 5.80. The van der Waals surface area contributed by atoms with Gasteiger partial charge < -0.3 is 14.5 Å². The van der Waals surface area contributed by atoms with Gasteiger partial charge in [0.05, 0.1) is 6.10 Å². The molecule has 1 amide bonds. The molecule has 4 nitrogen and oxygen atoms in total. The molecule has 19 heavy (non-hydrogen) atoms. The van der Waals surface area contributed by atoms with Crippen molar-refractivity contribution in [2.24, 2.45) is 5.92 Å². The molecule has 2 unspecified atom stereocenters. The molecule has 0 aromatic carbocycles. The lowest BCUT2D eigenvalue weighted by molar-refractivity contribution is -0.143. The number of carbonyl (C=O) groups is 1. The number of ether oxygens (including phenoxy) is 1. The van der Waals surface area contributed by atoms with Crippen LogP contribution < -0.4 is 0 Å². The van der Waals surface area contributed by atoms with Crippen molar-refractivity contribution in [2.45, 2.75) is 56.7 Å². The number of carbonyl (C=O) groups excluding carboxylic acids is 1. The molecule has 108 valence electrons. The Morgan fingerprint density at radius 2 is 1.63 bits per heavy atom. The SMILES string of the molecule is COC1CC2CCC(C1)N2C(=O)C1CCN(C)CC1. The van der Waals surface area contributed by atoms with E-state index in [4.69, 9.17) is 4.74 Å². The fraction of sp³-hybridized carbons (Fsp3) is 0.933. The first kappa shape index (κ1) is 13.4. The third-order valence-electron chi connectivity index (χ3n) is 5.35. The number of rotatable bonds is 2. The summed E-state index contributed by atoms with van der Waals surface area (Å²) in [6.07, 6.45) is 6.92. The van der Waals surface area contributed by atoms with Gasteiger partial charge in [-0.25, -0.2) is 0 Å². The van der Waals surface area contributed by atoms with Gasteiger partial charge in [0, 0.05) is 25.1 Å². The minimum absolute atomic E-state index is 0.276. The molecule has 0 radical (unpaired) electrons. The largest absolute Gasteiger partial charge is 0.381 e.